The molecular formula is C20H24FNO3. The molecular weight excluding hydrogens is 321 g/mol. The van der Waals surface area contributed by atoms with Gasteiger partial charge in [-0.2, -0.15) is 0 Å². The number of ether oxygens (including phenoxy) is 1. The van der Waals surface area contributed by atoms with Crippen molar-refractivity contribution in [3.8, 4) is 5.75 Å². The van der Waals surface area contributed by atoms with Crippen molar-refractivity contribution < 1.29 is 19.0 Å². The van der Waals surface area contributed by atoms with E-state index in [9.17, 15) is 14.3 Å². The van der Waals surface area contributed by atoms with Crippen molar-refractivity contribution in [1.29, 1.82) is 0 Å². The Labute approximate surface area is 147 Å². The maximum absolute atomic E-state index is 13.5. The molecule has 2 N–H and O–H groups in total. The van der Waals surface area contributed by atoms with Gasteiger partial charge in [-0.15, -0.1) is 0 Å². The van der Waals surface area contributed by atoms with E-state index in [0.29, 0.717) is 23.3 Å². The normalized spacial score (nSPS) is 12.0. The molecule has 0 radical (unpaired) electrons. The fourth-order valence-corrected chi connectivity index (χ4v) is 2.43. The van der Waals surface area contributed by atoms with Crippen molar-refractivity contribution in [3.05, 3.63) is 65.5 Å². The first kappa shape index (κ1) is 18.9. The largest absolute Gasteiger partial charge is 0.491 e. The molecule has 1 atom stereocenters. The van der Waals surface area contributed by atoms with Crippen molar-refractivity contribution in [1.82, 2.24) is 5.32 Å². The van der Waals surface area contributed by atoms with Crippen molar-refractivity contribution in [3.63, 3.8) is 0 Å². The maximum atomic E-state index is 13.5. The van der Waals surface area contributed by atoms with E-state index < -0.39 is 6.10 Å². The Balaban J connectivity index is 1.82. The molecule has 2 aromatic carbocycles. The molecule has 2 aromatic rings. The molecule has 25 heavy (non-hydrogen) atoms. The highest BCUT2D eigenvalue weighted by Crippen LogP contribution is 2.20. The molecule has 2 rings (SSSR count). The van der Waals surface area contributed by atoms with Gasteiger partial charge in [0.2, 0.25) is 5.91 Å². The fourth-order valence-electron chi connectivity index (χ4n) is 2.43. The van der Waals surface area contributed by atoms with Gasteiger partial charge in [0.25, 0.3) is 0 Å². The van der Waals surface area contributed by atoms with Crippen LogP contribution in [0.4, 0.5) is 4.39 Å². The Morgan fingerprint density at radius 1 is 1.20 bits per heavy atom. The molecule has 0 fully saturated rings. The predicted octanol–water partition coefficient (Wildman–Crippen LogP) is 3.40. The van der Waals surface area contributed by atoms with Crippen LogP contribution >= 0.6 is 0 Å². The van der Waals surface area contributed by atoms with E-state index in [0.717, 1.165) is 0 Å². The minimum Gasteiger partial charge on any atom is -0.491 e. The summed E-state index contributed by atoms with van der Waals surface area (Å²) in [5, 5.41) is 12.9. The number of rotatable bonds is 8. The second kappa shape index (κ2) is 9.18. The number of hydrogen-bond donors (Lipinski definition) is 2. The summed E-state index contributed by atoms with van der Waals surface area (Å²) in [7, 11) is 0. The van der Waals surface area contributed by atoms with Crippen molar-refractivity contribution in [2.45, 2.75) is 38.9 Å². The van der Waals surface area contributed by atoms with Crippen molar-refractivity contribution in [2.75, 3.05) is 6.54 Å². The molecule has 0 aliphatic rings. The molecule has 0 heterocycles. The highest BCUT2D eigenvalue weighted by Gasteiger charge is 2.11. The van der Waals surface area contributed by atoms with Crippen LogP contribution < -0.4 is 10.1 Å². The molecule has 1 unspecified atom stereocenters. The third kappa shape index (κ3) is 6.19. The van der Waals surface area contributed by atoms with Crippen LogP contribution in [0.1, 0.15) is 37.5 Å². The third-order valence-electron chi connectivity index (χ3n) is 3.69. The van der Waals surface area contributed by atoms with E-state index in [-0.39, 0.29) is 30.8 Å². The van der Waals surface area contributed by atoms with Crippen molar-refractivity contribution >= 4 is 5.91 Å². The predicted molar refractivity (Wildman–Crippen MR) is 94.9 cm³/mol. The number of carbonyl (C=O) groups excluding carboxylic acids is 1. The summed E-state index contributed by atoms with van der Waals surface area (Å²) in [5.74, 6) is 0.145. The van der Waals surface area contributed by atoms with Gasteiger partial charge in [-0.1, -0.05) is 30.3 Å². The summed E-state index contributed by atoms with van der Waals surface area (Å²) < 4.78 is 19.1. The first-order valence-corrected chi connectivity index (χ1v) is 8.40. The van der Waals surface area contributed by atoms with Gasteiger partial charge in [0.15, 0.2) is 0 Å². The smallest absolute Gasteiger partial charge is 0.220 e. The summed E-state index contributed by atoms with van der Waals surface area (Å²) in [5.41, 5.74) is 1.18. The monoisotopic (exact) mass is 345 g/mol. The lowest BCUT2D eigenvalue weighted by Gasteiger charge is -2.15. The average molecular weight is 345 g/mol. The first-order chi connectivity index (χ1) is 12.0. The standard InChI is InChI=1S/C20H24FNO3/c1-14(2)25-17-8-5-7-16(12-17)19(23)13-22-20(24)11-10-15-6-3-4-9-18(15)21/h3-9,12,14,19,23H,10-11,13H2,1-2H3,(H,22,24). The second-order valence-electron chi connectivity index (χ2n) is 6.15. The summed E-state index contributed by atoms with van der Waals surface area (Å²) >= 11 is 0. The number of aliphatic hydroxyl groups is 1. The minimum absolute atomic E-state index is 0.0467. The van der Waals surface area contributed by atoms with E-state index >= 15 is 0 Å². The lowest BCUT2D eigenvalue weighted by molar-refractivity contribution is -0.121. The Morgan fingerprint density at radius 2 is 1.96 bits per heavy atom. The number of hydrogen-bond acceptors (Lipinski definition) is 3. The summed E-state index contributed by atoms with van der Waals surface area (Å²) in [6.07, 6.45) is -0.283. The molecule has 134 valence electrons. The fraction of sp³-hybridized carbons (Fsp3) is 0.350. The highest BCUT2D eigenvalue weighted by atomic mass is 19.1. The average Bonchev–Trinajstić information content (AvgIpc) is 2.58. The molecule has 0 saturated carbocycles. The quantitative estimate of drug-likeness (QED) is 0.771. The number of benzene rings is 2. The molecule has 0 spiro atoms. The lowest BCUT2D eigenvalue weighted by atomic mass is 10.1. The van der Waals surface area contributed by atoms with Gasteiger partial charge in [0.05, 0.1) is 12.2 Å². The number of aryl methyl sites for hydroxylation is 1. The van der Waals surface area contributed by atoms with Crippen LogP contribution in [0.5, 0.6) is 5.75 Å². The SMILES string of the molecule is CC(C)Oc1cccc(C(O)CNC(=O)CCc2ccccc2F)c1. The zero-order valence-electron chi connectivity index (χ0n) is 14.5. The zero-order valence-corrected chi connectivity index (χ0v) is 14.5. The number of aliphatic hydroxyl groups excluding tert-OH is 1. The number of amides is 1. The number of halogens is 1. The molecule has 0 aromatic heterocycles. The van der Waals surface area contributed by atoms with Crippen LogP contribution in [0.15, 0.2) is 48.5 Å². The first-order valence-electron chi connectivity index (χ1n) is 8.40. The Kier molecular flexibility index (Phi) is 6.95. The minimum atomic E-state index is -0.826. The van der Waals surface area contributed by atoms with Gasteiger partial charge < -0.3 is 15.2 Å². The van der Waals surface area contributed by atoms with E-state index in [1.807, 2.05) is 19.9 Å². The van der Waals surface area contributed by atoms with E-state index in [4.69, 9.17) is 4.74 Å². The highest BCUT2D eigenvalue weighted by molar-refractivity contribution is 5.76. The van der Waals surface area contributed by atoms with Crippen LogP contribution in [0, 0.1) is 5.82 Å². The topological polar surface area (TPSA) is 58.6 Å². The molecule has 0 saturated heterocycles. The third-order valence-corrected chi connectivity index (χ3v) is 3.69. The summed E-state index contributed by atoms with van der Waals surface area (Å²) in [6, 6.07) is 13.6. The summed E-state index contributed by atoms with van der Waals surface area (Å²) in [6.45, 7) is 3.96. The molecule has 4 nitrogen and oxygen atoms in total. The molecule has 1 amide bonds. The molecule has 0 aliphatic carbocycles. The van der Waals surface area contributed by atoms with Gasteiger partial charge in [-0.05, 0) is 49.6 Å². The van der Waals surface area contributed by atoms with Crippen molar-refractivity contribution in [2.24, 2.45) is 0 Å². The van der Waals surface area contributed by atoms with Crippen LogP contribution in [0.3, 0.4) is 0 Å². The van der Waals surface area contributed by atoms with E-state index in [2.05, 4.69) is 5.32 Å². The number of nitrogens with one attached hydrogen (secondary N) is 1. The van der Waals surface area contributed by atoms with E-state index in [1.165, 1.54) is 6.07 Å². The lowest BCUT2D eigenvalue weighted by Crippen LogP contribution is -2.28. The Morgan fingerprint density at radius 3 is 2.68 bits per heavy atom. The maximum Gasteiger partial charge on any atom is 0.220 e. The van der Waals surface area contributed by atoms with Crippen LogP contribution in [0.25, 0.3) is 0 Å². The second-order valence-corrected chi connectivity index (χ2v) is 6.15. The van der Waals surface area contributed by atoms with Gasteiger partial charge in [-0.3, -0.25) is 4.79 Å². The molecule has 5 heteroatoms. The number of carbonyl (C=O) groups is 1. The Bertz CT molecular complexity index is 703. The van der Waals surface area contributed by atoms with Crippen LogP contribution in [-0.2, 0) is 11.2 Å². The van der Waals surface area contributed by atoms with Gasteiger partial charge >= 0.3 is 0 Å². The Hall–Kier alpha value is -2.40. The zero-order chi connectivity index (χ0) is 18.2. The summed E-state index contributed by atoms with van der Waals surface area (Å²) in [4.78, 5) is 11.9. The van der Waals surface area contributed by atoms with Gasteiger partial charge in [0.1, 0.15) is 11.6 Å². The van der Waals surface area contributed by atoms with E-state index in [1.54, 1.807) is 36.4 Å². The molecule has 0 bridgehead atoms. The van der Waals surface area contributed by atoms with Crippen LogP contribution in [-0.4, -0.2) is 23.7 Å². The van der Waals surface area contributed by atoms with Crippen LogP contribution in [0.2, 0.25) is 0 Å². The molecule has 0 aliphatic heterocycles. The van der Waals surface area contributed by atoms with Gasteiger partial charge in [0, 0.05) is 13.0 Å². The van der Waals surface area contributed by atoms with Gasteiger partial charge in [-0.25, -0.2) is 4.39 Å².